The summed E-state index contributed by atoms with van der Waals surface area (Å²) in [6.07, 6.45) is 1.78. The van der Waals surface area contributed by atoms with Crippen molar-refractivity contribution >= 4 is 17.0 Å². The van der Waals surface area contributed by atoms with E-state index in [4.69, 9.17) is 0 Å². The molecule has 0 saturated carbocycles. The molecule has 1 aliphatic heterocycles. The monoisotopic (exact) mass is 229 g/mol. The number of rotatable bonds is 1. The van der Waals surface area contributed by atoms with Gasteiger partial charge < -0.3 is 5.32 Å². The van der Waals surface area contributed by atoms with Crippen LogP contribution in [0.1, 0.15) is 11.1 Å². The minimum absolute atomic E-state index is 0.808. The number of hydrogen-bond donors (Lipinski definition) is 2. The molecule has 0 amide bonds. The lowest BCUT2D eigenvalue weighted by atomic mass is 10.1. The molecule has 2 heterocycles. The molecule has 0 atom stereocenters. The maximum Gasteiger partial charge on any atom is 0.211 e. The van der Waals surface area contributed by atoms with Gasteiger partial charge in [-0.3, -0.25) is 10.4 Å². The van der Waals surface area contributed by atoms with E-state index in [1.165, 1.54) is 11.1 Å². The summed E-state index contributed by atoms with van der Waals surface area (Å²) in [7, 11) is 0. The van der Waals surface area contributed by atoms with Gasteiger partial charge in [-0.1, -0.05) is 0 Å². The van der Waals surface area contributed by atoms with Crippen molar-refractivity contribution in [1.29, 1.82) is 0 Å². The minimum Gasteiger partial charge on any atom is -0.353 e. The van der Waals surface area contributed by atoms with E-state index in [0.29, 0.717) is 0 Å². The summed E-state index contributed by atoms with van der Waals surface area (Å²) in [5, 5.41) is 3.18. The fraction of sp³-hybridized carbons (Fsp3) is 0.333. The zero-order chi connectivity index (χ0) is 11.8. The number of benzene rings is 1. The van der Waals surface area contributed by atoms with Gasteiger partial charge >= 0.3 is 0 Å². The van der Waals surface area contributed by atoms with Crippen LogP contribution >= 0.6 is 0 Å². The lowest BCUT2D eigenvalue weighted by molar-refractivity contribution is 0.937. The van der Waals surface area contributed by atoms with Crippen LogP contribution in [-0.2, 0) is 0 Å². The Hall–Kier alpha value is -2.04. The van der Waals surface area contributed by atoms with Gasteiger partial charge in [0.05, 0.1) is 17.6 Å². The van der Waals surface area contributed by atoms with Crippen molar-refractivity contribution in [2.24, 2.45) is 4.99 Å². The first-order chi connectivity index (χ1) is 8.24. The van der Waals surface area contributed by atoms with Crippen molar-refractivity contribution in [2.75, 3.05) is 18.5 Å². The van der Waals surface area contributed by atoms with Crippen molar-refractivity contribution < 1.29 is 0 Å². The normalized spacial score (nSPS) is 14.8. The molecular formula is C12H15N5. The second-order valence-electron chi connectivity index (χ2n) is 4.31. The Morgan fingerprint density at radius 2 is 2.12 bits per heavy atom. The van der Waals surface area contributed by atoms with Gasteiger partial charge in [0.25, 0.3) is 0 Å². The molecule has 1 aliphatic rings. The minimum atomic E-state index is 0.808. The third-order valence-corrected chi connectivity index (χ3v) is 3.06. The number of imidazole rings is 1. The van der Waals surface area contributed by atoms with Crippen LogP contribution in [0.15, 0.2) is 23.5 Å². The maximum absolute atomic E-state index is 4.38. The Bertz CT molecular complexity index is 596. The fourth-order valence-electron chi connectivity index (χ4n) is 1.94. The summed E-state index contributed by atoms with van der Waals surface area (Å²) in [4.78, 5) is 8.68. The molecule has 2 N–H and O–H groups in total. The van der Waals surface area contributed by atoms with Crippen LogP contribution in [0.5, 0.6) is 0 Å². The molecule has 5 heteroatoms. The number of aryl methyl sites for hydroxylation is 2. The Kier molecular flexibility index (Phi) is 2.24. The number of fused-ring (bicyclic) bond motifs is 1. The molecule has 17 heavy (non-hydrogen) atoms. The van der Waals surface area contributed by atoms with Gasteiger partial charge in [0.15, 0.2) is 0 Å². The lowest BCUT2D eigenvalue weighted by Crippen LogP contribution is -2.31. The van der Waals surface area contributed by atoms with Gasteiger partial charge in [-0.2, -0.15) is 0 Å². The van der Waals surface area contributed by atoms with Crippen LogP contribution in [0.4, 0.5) is 0 Å². The van der Waals surface area contributed by atoms with Crippen molar-refractivity contribution in [3.8, 4) is 0 Å². The highest BCUT2D eigenvalue weighted by molar-refractivity contribution is 5.90. The Morgan fingerprint density at radius 1 is 1.29 bits per heavy atom. The first-order valence-corrected chi connectivity index (χ1v) is 5.74. The van der Waals surface area contributed by atoms with E-state index in [0.717, 1.165) is 30.1 Å². The van der Waals surface area contributed by atoms with Crippen molar-refractivity contribution in [2.45, 2.75) is 13.8 Å². The number of nitrogens with one attached hydrogen (secondary N) is 2. The molecule has 88 valence electrons. The predicted molar refractivity (Wildman–Crippen MR) is 68.9 cm³/mol. The Labute approximate surface area is 99.5 Å². The SMILES string of the molecule is Cc1cc2ncn(NC3=NCCN3)c2cc1C. The molecule has 0 spiro atoms. The van der Waals surface area contributed by atoms with Crippen LogP contribution in [-0.4, -0.2) is 28.7 Å². The predicted octanol–water partition coefficient (Wildman–Crippen LogP) is 1.16. The molecule has 0 unspecified atom stereocenters. The van der Waals surface area contributed by atoms with E-state index in [-0.39, 0.29) is 0 Å². The third-order valence-electron chi connectivity index (χ3n) is 3.06. The second kappa shape index (κ2) is 3.76. The van der Waals surface area contributed by atoms with Crippen molar-refractivity contribution in [3.63, 3.8) is 0 Å². The number of aliphatic imine (C=N–C) groups is 1. The van der Waals surface area contributed by atoms with E-state index in [1.54, 1.807) is 6.33 Å². The van der Waals surface area contributed by atoms with E-state index in [1.807, 2.05) is 4.68 Å². The maximum atomic E-state index is 4.38. The molecule has 1 aromatic carbocycles. The second-order valence-corrected chi connectivity index (χ2v) is 4.31. The molecule has 0 saturated heterocycles. The summed E-state index contributed by atoms with van der Waals surface area (Å²) in [6.45, 7) is 5.93. The lowest BCUT2D eigenvalue weighted by Gasteiger charge is -2.08. The summed E-state index contributed by atoms with van der Waals surface area (Å²) < 4.78 is 1.90. The summed E-state index contributed by atoms with van der Waals surface area (Å²) >= 11 is 0. The van der Waals surface area contributed by atoms with E-state index >= 15 is 0 Å². The summed E-state index contributed by atoms with van der Waals surface area (Å²) in [5.74, 6) is 0.808. The average Bonchev–Trinajstić information content (AvgIpc) is 2.92. The largest absolute Gasteiger partial charge is 0.353 e. The molecule has 5 nitrogen and oxygen atoms in total. The standard InChI is InChI=1S/C12H15N5/c1-8-5-10-11(6-9(8)2)17(7-15-10)16-12-13-3-4-14-12/h5-7H,3-4H2,1-2H3,(H2,13,14,16). The number of aromatic nitrogens is 2. The Balaban J connectivity index is 2.02. The first-order valence-electron chi connectivity index (χ1n) is 5.74. The number of guanidine groups is 1. The van der Waals surface area contributed by atoms with Gasteiger partial charge in [0.1, 0.15) is 6.33 Å². The van der Waals surface area contributed by atoms with E-state index in [9.17, 15) is 0 Å². The van der Waals surface area contributed by atoms with Crippen LogP contribution in [0.25, 0.3) is 11.0 Å². The van der Waals surface area contributed by atoms with Gasteiger partial charge in [-0.05, 0) is 37.1 Å². The van der Waals surface area contributed by atoms with Gasteiger partial charge in [0, 0.05) is 6.54 Å². The van der Waals surface area contributed by atoms with Crippen LogP contribution in [0.2, 0.25) is 0 Å². The fourth-order valence-corrected chi connectivity index (χ4v) is 1.94. The molecule has 0 radical (unpaired) electrons. The van der Waals surface area contributed by atoms with Crippen molar-refractivity contribution in [3.05, 3.63) is 29.6 Å². The molecule has 1 aromatic heterocycles. The molecule has 2 aromatic rings. The number of nitrogens with zero attached hydrogens (tertiary/aromatic N) is 3. The molecule has 3 rings (SSSR count). The summed E-state index contributed by atoms with van der Waals surface area (Å²) in [5.41, 5.74) is 7.81. The number of hydrogen-bond acceptors (Lipinski definition) is 4. The molecular weight excluding hydrogens is 214 g/mol. The topological polar surface area (TPSA) is 54.2 Å². The zero-order valence-electron chi connectivity index (χ0n) is 9.99. The Morgan fingerprint density at radius 3 is 2.88 bits per heavy atom. The van der Waals surface area contributed by atoms with Crippen molar-refractivity contribution in [1.82, 2.24) is 15.0 Å². The third kappa shape index (κ3) is 1.73. The van der Waals surface area contributed by atoms with Gasteiger partial charge in [-0.15, -0.1) is 0 Å². The van der Waals surface area contributed by atoms with Crippen LogP contribution < -0.4 is 10.7 Å². The first kappa shape index (κ1) is 10.1. The van der Waals surface area contributed by atoms with E-state index in [2.05, 4.69) is 46.7 Å². The highest BCUT2D eigenvalue weighted by Crippen LogP contribution is 2.17. The smallest absolute Gasteiger partial charge is 0.211 e. The highest BCUT2D eigenvalue weighted by Gasteiger charge is 2.08. The van der Waals surface area contributed by atoms with E-state index < -0.39 is 0 Å². The molecule has 0 fully saturated rings. The van der Waals surface area contributed by atoms with Crippen LogP contribution in [0.3, 0.4) is 0 Å². The van der Waals surface area contributed by atoms with Gasteiger partial charge in [-0.25, -0.2) is 9.66 Å². The van der Waals surface area contributed by atoms with Gasteiger partial charge in [0.2, 0.25) is 5.96 Å². The molecule has 0 bridgehead atoms. The summed E-state index contributed by atoms with van der Waals surface area (Å²) in [6, 6.07) is 4.24. The molecule has 0 aliphatic carbocycles. The average molecular weight is 229 g/mol. The zero-order valence-corrected chi connectivity index (χ0v) is 9.99. The quantitative estimate of drug-likeness (QED) is 0.771. The van der Waals surface area contributed by atoms with Crippen LogP contribution in [0, 0.1) is 13.8 Å². The highest BCUT2D eigenvalue weighted by atomic mass is 15.5.